The van der Waals surface area contributed by atoms with Gasteiger partial charge in [0.05, 0.1) is 13.7 Å². The third-order valence-corrected chi connectivity index (χ3v) is 2.50. The summed E-state index contributed by atoms with van der Waals surface area (Å²) in [6.07, 6.45) is 0. The van der Waals surface area contributed by atoms with E-state index in [1.54, 1.807) is 32.2 Å². The Balaban J connectivity index is 3.11. The fraction of sp³-hybridized carbons (Fsp3) is 0.429. The van der Waals surface area contributed by atoms with Crippen molar-refractivity contribution in [1.82, 2.24) is 4.90 Å². The average molecular weight is 265 g/mol. The normalized spacial score (nSPS) is 10.4. The topological polar surface area (TPSA) is 55.8 Å². The van der Waals surface area contributed by atoms with Crippen LogP contribution in [0.5, 0.6) is 5.75 Å². The van der Waals surface area contributed by atoms with E-state index in [-0.39, 0.29) is 6.61 Å². The lowest BCUT2D eigenvalue weighted by atomic mass is 10.0. The summed E-state index contributed by atoms with van der Waals surface area (Å²) >= 11 is 0. The Bertz CT molecular complexity index is 469. The SMILES string of the molecule is CCOC(=O)C(=O)c1ccc(OC)cc1CN(C)C. The van der Waals surface area contributed by atoms with Crippen molar-refractivity contribution in [2.45, 2.75) is 13.5 Å². The summed E-state index contributed by atoms with van der Waals surface area (Å²) < 4.78 is 9.87. The van der Waals surface area contributed by atoms with Gasteiger partial charge in [0, 0.05) is 12.1 Å². The molecule has 0 unspecified atom stereocenters. The van der Waals surface area contributed by atoms with E-state index in [9.17, 15) is 9.59 Å². The van der Waals surface area contributed by atoms with Gasteiger partial charge in [-0.1, -0.05) is 0 Å². The second-order valence-electron chi connectivity index (χ2n) is 4.31. The zero-order chi connectivity index (χ0) is 14.4. The Kier molecular flexibility index (Phi) is 5.51. The Labute approximate surface area is 113 Å². The van der Waals surface area contributed by atoms with Gasteiger partial charge in [0.1, 0.15) is 5.75 Å². The van der Waals surface area contributed by atoms with Gasteiger partial charge in [-0.2, -0.15) is 0 Å². The fourth-order valence-electron chi connectivity index (χ4n) is 1.70. The van der Waals surface area contributed by atoms with Crippen LogP contribution in [0.25, 0.3) is 0 Å². The molecule has 0 fully saturated rings. The number of carbonyl (C=O) groups is 2. The molecule has 0 aliphatic carbocycles. The van der Waals surface area contributed by atoms with E-state index >= 15 is 0 Å². The molecule has 1 rings (SSSR count). The van der Waals surface area contributed by atoms with Crippen molar-refractivity contribution in [3.05, 3.63) is 29.3 Å². The Morgan fingerprint density at radius 1 is 1.26 bits per heavy atom. The van der Waals surface area contributed by atoms with E-state index < -0.39 is 11.8 Å². The van der Waals surface area contributed by atoms with Gasteiger partial charge in [0.15, 0.2) is 0 Å². The molecule has 19 heavy (non-hydrogen) atoms. The summed E-state index contributed by atoms with van der Waals surface area (Å²) in [7, 11) is 5.33. The molecule has 5 heteroatoms. The highest BCUT2D eigenvalue weighted by Crippen LogP contribution is 2.19. The van der Waals surface area contributed by atoms with E-state index in [1.807, 2.05) is 19.0 Å². The second-order valence-corrected chi connectivity index (χ2v) is 4.31. The van der Waals surface area contributed by atoms with Gasteiger partial charge in [0.25, 0.3) is 5.78 Å². The number of methoxy groups -OCH3 is 1. The lowest BCUT2D eigenvalue weighted by molar-refractivity contribution is -0.137. The van der Waals surface area contributed by atoms with E-state index in [1.165, 1.54) is 0 Å². The van der Waals surface area contributed by atoms with Crippen LogP contribution < -0.4 is 4.74 Å². The number of hydrogen-bond acceptors (Lipinski definition) is 5. The van der Waals surface area contributed by atoms with Crippen molar-refractivity contribution in [1.29, 1.82) is 0 Å². The van der Waals surface area contributed by atoms with Gasteiger partial charge in [-0.05, 0) is 44.8 Å². The van der Waals surface area contributed by atoms with Crippen molar-refractivity contribution < 1.29 is 19.1 Å². The molecule has 0 aromatic heterocycles. The van der Waals surface area contributed by atoms with Crippen LogP contribution in [-0.2, 0) is 16.1 Å². The predicted molar refractivity (Wildman–Crippen MR) is 71.3 cm³/mol. The van der Waals surface area contributed by atoms with Crippen molar-refractivity contribution in [2.75, 3.05) is 27.8 Å². The zero-order valence-electron chi connectivity index (χ0n) is 11.7. The molecule has 104 valence electrons. The van der Waals surface area contributed by atoms with Crippen molar-refractivity contribution >= 4 is 11.8 Å². The standard InChI is InChI=1S/C14H19NO4/c1-5-19-14(17)13(16)12-7-6-11(18-4)8-10(12)9-15(2)3/h6-8H,5,9H2,1-4H3. The van der Waals surface area contributed by atoms with Crippen LogP contribution in [0.4, 0.5) is 0 Å². The number of ketones is 1. The zero-order valence-corrected chi connectivity index (χ0v) is 11.7. The third kappa shape index (κ3) is 4.06. The van der Waals surface area contributed by atoms with Crippen molar-refractivity contribution in [3.8, 4) is 5.75 Å². The summed E-state index contributed by atoms with van der Waals surface area (Å²) in [6.45, 7) is 2.39. The van der Waals surface area contributed by atoms with Crippen LogP contribution in [0.15, 0.2) is 18.2 Å². The van der Waals surface area contributed by atoms with E-state index in [0.717, 1.165) is 5.56 Å². The molecule has 0 heterocycles. The second kappa shape index (κ2) is 6.89. The Morgan fingerprint density at radius 2 is 1.95 bits per heavy atom. The minimum atomic E-state index is -0.826. The molecule has 0 amide bonds. The Morgan fingerprint density at radius 3 is 2.47 bits per heavy atom. The Hall–Kier alpha value is -1.88. The van der Waals surface area contributed by atoms with Gasteiger partial charge in [-0.15, -0.1) is 0 Å². The summed E-state index contributed by atoms with van der Waals surface area (Å²) in [4.78, 5) is 25.4. The van der Waals surface area contributed by atoms with Gasteiger partial charge in [0.2, 0.25) is 0 Å². The number of carbonyl (C=O) groups excluding carboxylic acids is 2. The molecule has 1 aromatic rings. The lowest BCUT2D eigenvalue weighted by Crippen LogP contribution is -2.21. The molecule has 0 N–H and O–H groups in total. The molecule has 0 saturated carbocycles. The number of ether oxygens (including phenoxy) is 2. The summed E-state index contributed by atoms with van der Waals surface area (Å²) in [6, 6.07) is 5.01. The first-order valence-corrected chi connectivity index (χ1v) is 6.02. The van der Waals surface area contributed by atoms with Gasteiger partial charge in [-0.25, -0.2) is 4.79 Å². The summed E-state index contributed by atoms with van der Waals surface area (Å²) in [5, 5.41) is 0. The maximum atomic E-state index is 12.0. The minimum Gasteiger partial charge on any atom is -0.497 e. The first kappa shape index (κ1) is 15.2. The monoisotopic (exact) mass is 265 g/mol. The number of nitrogens with zero attached hydrogens (tertiary/aromatic N) is 1. The number of rotatable bonds is 6. The van der Waals surface area contributed by atoms with Crippen molar-refractivity contribution in [3.63, 3.8) is 0 Å². The maximum absolute atomic E-state index is 12.0. The molecule has 1 aromatic carbocycles. The van der Waals surface area contributed by atoms with E-state index in [4.69, 9.17) is 9.47 Å². The van der Waals surface area contributed by atoms with Crippen LogP contribution in [0.1, 0.15) is 22.8 Å². The van der Waals surface area contributed by atoms with Crippen LogP contribution >= 0.6 is 0 Å². The first-order chi connectivity index (χ1) is 8.99. The van der Waals surface area contributed by atoms with E-state index in [2.05, 4.69) is 0 Å². The highest BCUT2D eigenvalue weighted by molar-refractivity contribution is 6.41. The molecule has 0 bridgehead atoms. The number of Topliss-reactive ketones (excluding diaryl/α,β-unsaturated/α-hetero) is 1. The minimum absolute atomic E-state index is 0.184. The number of hydrogen-bond donors (Lipinski definition) is 0. The molecular formula is C14H19NO4. The van der Waals surface area contributed by atoms with Crippen LogP contribution in [0.3, 0.4) is 0 Å². The van der Waals surface area contributed by atoms with Gasteiger partial charge >= 0.3 is 5.97 Å². The predicted octanol–water partition coefficient (Wildman–Crippen LogP) is 1.50. The highest BCUT2D eigenvalue weighted by atomic mass is 16.5. The first-order valence-electron chi connectivity index (χ1n) is 6.02. The van der Waals surface area contributed by atoms with E-state index in [0.29, 0.717) is 17.9 Å². The number of esters is 1. The van der Waals surface area contributed by atoms with Crippen LogP contribution in [0.2, 0.25) is 0 Å². The summed E-state index contributed by atoms with van der Waals surface area (Å²) in [5.41, 5.74) is 1.09. The molecule has 0 atom stereocenters. The molecule has 0 aliphatic rings. The van der Waals surface area contributed by atoms with Gasteiger partial charge < -0.3 is 14.4 Å². The molecule has 0 radical (unpaired) electrons. The third-order valence-electron chi connectivity index (χ3n) is 2.50. The van der Waals surface area contributed by atoms with Crippen LogP contribution in [-0.4, -0.2) is 44.5 Å². The molecule has 5 nitrogen and oxygen atoms in total. The molecule has 0 saturated heterocycles. The highest BCUT2D eigenvalue weighted by Gasteiger charge is 2.21. The van der Waals surface area contributed by atoms with Gasteiger partial charge in [-0.3, -0.25) is 4.79 Å². The fourth-order valence-corrected chi connectivity index (χ4v) is 1.70. The average Bonchev–Trinajstić information content (AvgIpc) is 2.37. The number of benzene rings is 1. The van der Waals surface area contributed by atoms with Crippen molar-refractivity contribution in [2.24, 2.45) is 0 Å². The largest absolute Gasteiger partial charge is 0.497 e. The summed E-state index contributed by atoms with van der Waals surface area (Å²) in [5.74, 6) is -0.800. The smallest absolute Gasteiger partial charge is 0.379 e. The molecular weight excluding hydrogens is 246 g/mol. The molecule has 0 spiro atoms. The lowest BCUT2D eigenvalue weighted by Gasteiger charge is -2.14. The quantitative estimate of drug-likeness (QED) is 0.443. The maximum Gasteiger partial charge on any atom is 0.379 e. The molecule has 0 aliphatic heterocycles. The van der Waals surface area contributed by atoms with Crippen LogP contribution in [0, 0.1) is 0 Å².